The van der Waals surface area contributed by atoms with Crippen molar-refractivity contribution in [2.45, 2.75) is 31.6 Å². The van der Waals surface area contributed by atoms with Crippen LogP contribution in [-0.2, 0) is 11.2 Å². The van der Waals surface area contributed by atoms with Crippen molar-refractivity contribution >= 4 is 17.0 Å². The van der Waals surface area contributed by atoms with Crippen molar-refractivity contribution in [2.24, 2.45) is 0 Å². The molecule has 1 aliphatic heterocycles. The first-order valence-electron chi connectivity index (χ1n) is 8.84. The minimum atomic E-state index is -0.185. The number of aliphatic hydroxyl groups excluding tert-OH is 1. The van der Waals surface area contributed by atoms with Crippen LogP contribution in [0.4, 0.5) is 5.82 Å². The van der Waals surface area contributed by atoms with E-state index in [1.807, 2.05) is 4.57 Å². The largest absolute Gasteiger partial charge is 0.504 e. The van der Waals surface area contributed by atoms with E-state index in [2.05, 4.69) is 20.3 Å². The van der Waals surface area contributed by atoms with Crippen LogP contribution in [0.15, 0.2) is 30.9 Å². The molecule has 0 spiro atoms. The van der Waals surface area contributed by atoms with E-state index in [9.17, 15) is 15.3 Å². The zero-order valence-electron chi connectivity index (χ0n) is 14.6. The number of anilines is 1. The number of nitrogens with one attached hydrogen (secondary N) is 1. The molecule has 9 nitrogen and oxygen atoms in total. The fraction of sp³-hybridized carbons (Fsp3) is 0.389. The van der Waals surface area contributed by atoms with Gasteiger partial charge in [-0.15, -0.1) is 0 Å². The van der Waals surface area contributed by atoms with Crippen LogP contribution in [0.5, 0.6) is 11.5 Å². The topological polar surface area (TPSA) is 126 Å². The summed E-state index contributed by atoms with van der Waals surface area (Å²) in [6.07, 6.45) is 5.08. The van der Waals surface area contributed by atoms with Gasteiger partial charge < -0.3 is 25.4 Å². The van der Waals surface area contributed by atoms with Gasteiger partial charge in [-0.3, -0.25) is 4.57 Å². The molecule has 1 fully saturated rings. The maximum absolute atomic E-state index is 9.57. The second kappa shape index (κ2) is 7.37. The third-order valence-electron chi connectivity index (χ3n) is 4.70. The molecule has 9 heteroatoms. The van der Waals surface area contributed by atoms with Gasteiger partial charge in [-0.05, 0) is 37.0 Å². The summed E-state index contributed by atoms with van der Waals surface area (Å²) < 4.78 is 7.68. The second-order valence-corrected chi connectivity index (χ2v) is 6.52. The molecule has 1 aliphatic rings. The lowest BCUT2D eigenvalue weighted by atomic mass is 10.1. The molecule has 0 aliphatic carbocycles. The molecule has 0 amide bonds. The smallest absolute Gasteiger partial charge is 0.167 e. The van der Waals surface area contributed by atoms with E-state index in [4.69, 9.17) is 4.74 Å². The van der Waals surface area contributed by atoms with Crippen molar-refractivity contribution < 1.29 is 20.1 Å². The fourth-order valence-corrected chi connectivity index (χ4v) is 3.27. The number of aromatic nitrogens is 4. The van der Waals surface area contributed by atoms with E-state index in [1.54, 1.807) is 12.4 Å². The highest BCUT2D eigenvalue weighted by Gasteiger charge is 2.27. The van der Waals surface area contributed by atoms with E-state index in [-0.39, 0.29) is 30.4 Å². The molecular formula is C18H21N5O4. The zero-order valence-corrected chi connectivity index (χ0v) is 14.6. The molecule has 3 heterocycles. The van der Waals surface area contributed by atoms with Crippen LogP contribution in [0.3, 0.4) is 0 Å². The number of phenolic OH excluding ortho intramolecular Hbond substituents is 2. The molecular weight excluding hydrogens is 350 g/mol. The molecule has 1 saturated heterocycles. The maximum atomic E-state index is 9.57. The van der Waals surface area contributed by atoms with E-state index in [0.717, 1.165) is 18.4 Å². The van der Waals surface area contributed by atoms with Gasteiger partial charge in [0.25, 0.3) is 0 Å². The van der Waals surface area contributed by atoms with Crippen LogP contribution in [0.1, 0.15) is 24.6 Å². The number of fused-ring (bicyclic) bond motifs is 1. The van der Waals surface area contributed by atoms with Gasteiger partial charge in [0, 0.05) is 6.54 Å². The van der Waals surface area contributed by atoms with Gasteiger partial charge in [-0.1, -0.05) is 6.07 Å². The zero-order chi connectivity index (χ0) is 18.8. The lowest BCUT2D eigenvalue weighted by molar-refractivity contribution is -0.0207. The van der Waals surface area contributed by atoms with Crippen LogP contribution in [-0.4, -0.2) is 54.1 Å². The van der Waals surface area contributed by atoms with Gasteiger partial charge in [0.2, 0.25) is 0 Å². The molecule has 0 unspecified atom stereocenters. The Hall–Kier alpha value is -2.91. The number of aliphatic hydroxyl groups is 1. The summed E-state index contributed by atoms with van der Waals surface area (Å²) in [7, 11) is 0. The normalized spacial score (nSPS) is 19.6. The minimum absolute atomic E-state index is 0.0116. The predicted octanol–water partition coefficient (Wildman–Crippen LogP) is 1.56. The van der Waals surface area contributed by atoms with Gasteiger partial charge in [-0.2, -0.15) is 0 Å². The fourth-order valence-electron chi connectivity index (χ4n) is 3.27. The van der Waals surface area contributed by atoms with Gasteiger partial charge in [0.05, 0.1) is 19.0 Å². The lowest BCUT2D eigenvalue weighted by Gasteiger charge is -2.14. The Morgan fingerprint density at radius 3 is 2.81 bits per heavy atom. The van der Waals surface area contributed by atoms with Crippen molar-refractivity contribution in [3.8, 4) is 11.5 Å². The van der Waals surface area contributed by atoms with Crippen LogP contribution in [0.2, 0.25) is 0 Å². The molecule has 3 aromatic rings. The first-order valence-corrected chi connectivity index (χ1v) is 8.84. The SMILES string of the molecule is OC[C@@H]1CC[C@H](n2cnc3c(NCCc4ccc(O)c(O)c4)ncnc32)O1. The van der Waals surface area contributed by atoms with Crippen LogP contribution >= 0.6 is 0 Å². The van der Waals surface area contributed by atoms with Crippen LogP contribution in [0, 0.1) is 0 Å². The Kier molecular flexibility index (Phi) is 4.78. The summed E-state index contributed by atoms with van der Waals surface area (Å²) in [5, 5.41) is 31.4. The minimum Gasteiger partial charge on any atom is -0.504 e. The van der Waals surface area contributed by atoms with Gasteiger partial charge in [0.15, 0.2) is 28.5 Å². The highest BCUT2D eigenvalue weighted by Crippen LogP contribution is 2.31. The molecule has 27 heavy (non-hydrogen) atoms. The third kappa shape index (κ3) is 3.51. The van der Waals surface area contributed by atoms with E-state index in [1.165, 1.54) is 18.5 Å². The molecule has 0 radical (unpaired) electrons. The summed E-state index contributed by atoms with van der Waals surface area (Å²) in [5.41, 5.74) is 2.23. The van der Waals surface area contributed by atoms with Crippen LogP contribution in [0.25, 0.3) is 11.2 Å². The summed E-state index contributed by atoms with van der Waals surface area (Å²) in [6, 6.07) is 4.77. The molecule has 2 atom stereocenters. The van der Waals surface area contributed by atoms with Crippen molar-refractivity contribution in [3.63, 3.8) is 0 Å². The summed E-state index contributed by atoms with van der Waals surface area (Å²) >= 11 is 0. The number of aromatic hydroxyl groups is 2. The predicted molar refractivity (Wildman–Crippen MR) is 97.5 cm³/mol. The maximum Gasteiger partial charge on any atom is 0.167 e. The average molecular weight is 371 g/mol. The van der Waals surface area contributed by atoms with Crippen LogP contribution < -0.4 is 5.32 Å². The number of nitrogens with zero attached hydrogens (tertiary/aromatic N) is 4. The number of ether oxygens (including phenoxy) is 1. The van der Waals surface area contributed by atoms with Crippen molar-refractivity contribution in [3.05, 3.63) is 36.4 Å². The third-order valence-corrected chi connectivity index (χ3v) is 4.70. The molecule has 2 aromatic heterocycles. The summed E-state index contributed by atoms with van der Waals surface area (Å²) in [4.78, 5) is 13.0. The average Bonchev–Trinajstić information content (AvgIpc) is 3.31. The van der Waals surface area contributed by atoms with E-state index in [0.29, 0.717) is 29.9 Å². The van der Waals surface area contributed by atoms with Gasteiger partial charge >= 0.3 is 0 Å². The van der Waals surface area contributed by atoms with Gasteiger partial charge in [0.1, 0.15) is 12.6 Å². The van der Waals surface area contributed by atoms with E-state index >= 15 is 0 Å². The standard InChI is InChI=1S/C18H21N5O4/c24-8-12-2-4-15(27-12)23-10-22-16-17(20-9-21-18(16)23)19-6-5-11-1-3-13(25)14(26)7-11/h1,3,7,9-10,12,15,24-26H,2,4-6,8H2,(H,19,20,21)/t12-,15+/m0/s1. The lowest BCUT2D eigenvalue weighted by Crippen LogP contribution is -2.14. The molecule has 0 bridgehead atoms. The quantitative estimate of drug-likeness (QED) is 0.481. The first-order chi connectivity index (χ1) is 13.2. The number of hydrogen-bond donors (Lipinski definition) is 4. The highest BCUT2D eigenvalue weighted by atomic mass is 16.5. The van der Waals surface area contributed by atoms with Crippen molar-refractivity contribution in [1.29, 1.82) is 0 Å². The number of rotatable bonds is 6. The Balaban J connectivity index is 1.47. The van der Waals surface area contributed by atoms with E-state index < -0.39 is 0 Å². The molecule has 4 rings (SSSR count). The highest BCUT2D eigenvalue weighted by molar-refractivity contribution is 5.82. The Bertz CT molecular complexity index is 945. The number of phenols is 2. The molecule has 1 aromatic carbocycles. The van der Waals surface area contributed by atoms with Gasteiger partial charge in [-0.25, -0.2) is 15.0 Å². The molecule has 4 N–H and O–H groups in total. The summed E-state index contributed by atoms with van der Waals surface area (Å²) in [5.74, 6) is 0.360. The first kappa shape index (κ1) is 17.5. The number of hydrogen-bond acceptors (Lipinski definition) is 8. The Morgan fingerprint density at radius 1 is 1.15 bits per heavy atom. The van der Waals surface area contributed by atoms with Crippen molar-refractivity contribution in [1.82, 2.24) is 19.5 Å². The molecule has 142 valence electrons. The Morgan fingerprint density at radius 2 is 2.04 bits per heavy atom. The molecule has 0 saturated carbocycles. The number of benzene rings is 1. The van der Waals surface area contributed by atoms with Crippen molar-refractivity contribution in [2.75, 3.05) is 18.5 Å². The second-order valence-electron chi connectivity index (χ2n) is 6.52. The number of imidazole rings is 1. The summed E-state index contributed by atoms with van der Waals surface area (Å²) in [6.45, 7) is 0.591. The Labute approximate surface area is 155 Å². The monoisotopic (exact) mass is 371 g/mol.